The monoisotopic (exact) mass is 340 g/mol. The smallest absolute Gasteiger partial charge is 0.298 e. The van der Waals surface area contributed by atoms with E-state index in [1.54, 1.807) is 11.0 Å². The average Bonchev–Trinajstić information content (AvgIpc) is 3.31. The molecule has 4 rings (SSSR count). The normalized spacial score (nSPS) is 15.0. The molecular weight excluding hydrogens is 320 g/mol. The Kier molecular flexibility index (Phi) is 4.32. The van der Waals surface area contributed by atoms with Gasteiger partial charge in [-0.1, -0.05) is 12.1 Å². The third-order valence-electron chi connectivity index (χ3n) is 4.43. The summed E-state index contributed by atoms with van der Waals surface area (Å²) in [6, 6.07) is 8.38. The van der Waals surface area contributed by atoms with Crippen molar-refractivity contribution >= 4 is 23.0 Å². The molecule has 1 amide bonds. The van der Waals surface area contributed by atoms with E-state index in [0.29, 0.717) is 32.1 Å². The molecule has 0 atom stereocenters. The summed E-state index contributed by atoms with van der Waals surface area (Å²) < 4.78 is 7.55. The van der Waals surface area contributed by atoms with Gasteiger partial charge in [0, 0.05) is 39.1 Å². The number of fused-ring (bicyclic) bond motifs is 1. The van der Waals surface area contributed by atoms with Gasteiger partial charge in [-0.3, -0.25) is 9.48 Å². The Labute approximate surface area is 145 Å². The van der Waals surface area contributed by atoms with Gasteiger partial charge in [0.15, 0.2) is 5.58 Å². The third kappa shape index (κ3) is 3.47. The molecule has 3 heterocycles. The zero-order valence-electron chi connectivity index (χ0n) is 13.9. The molecule has 0 unspecified atom stereocenters. The lowest BCUT2D eigenvalue weighted by Gasteiger charge is -2.33. The van der Waals surface area contributed by atoms with Gasteiger partial charge in [0.25, 0.3) is 6.01 Å². The first-order chi connectivity index (χ1) is 12.3. The predicted molar refractivity (Wildman–Crippen MR) is 92.1 cm³/mol. The summed E-state index contributed by atoms with van der Waals surface area (Å²) in [5, 5.41) is 4.04. The highest BCUT2D eigenvalue weighted by molar-refractivity contribution is 5.77. The molecule has 1 aliphatic rings. The molecule has 25 heavy (non-hydrogen) atoms. The van der Waals surface area contributed by atoms with Crippen molar-refractivity contribution in [2.75, 3.05) is 31.1 Å². The molecule has 1 aliphatic heterocycles. The summed E-state index contributed by atoms with van der Waals surface area (Å²) in [5.74, 6) is 0.192. The van der Waals surface area contributed by atoms with Crippen LogP contribution in [0.5, 0.6) is 0 Å². The largest absolute Gasteiger partial charge is 0.423 e. The number of piperazine rings is 1. The molecular formula is C17H20N6O2. The Morgan fingerprint density at radius 1 is 1.16 bits per heavy atom. The Balaban J connectivity index is 1.28. The van der Waals surface area contributed by atoms with Crippen molar-refractivity contribution in [1.29, 1.82) is 0 Å². The van der Waals surface area contributed by atoms with Crippen LogP contribution in [0.1, 0.15) is 12.8 Å². The number of anilines is 1. The van der Waals surface area contributed by atoms with E-state index in [0.717, 1.165) is 30.6 Å². The van der Waals surface area contributed by atoms with Crippen LogP contribution in [0.15, 0.2) is 41.3 Å². The molecule has 3 aromatic rings. The topological polar surface area (TPSA) is 80.3 Å². The van der Waals surface area contributed by atoms with E-state index < -0.39 is 0 Å². The molecule has 0 spiro atoms. The summed E-state index contributed by atoms with van der Waals surface area (Å²) in [5.41, 5.74) is 1.66. The van der Waals surface area contributed by atoms with Crippen molar-refractivity contribution in [3.05, 3.63) is 36.9 Å². The van der Waals surface area contributed by atoms with Gasteiger partial charge in [-0.2, -0.15) is 10.1 Å². The first kappa shape index (κ1) is 15.6. The molecule has 8 heteroatoms. The van der Waals surface area contributed by atoms with E-state index >= 15 is 0 Å². The van der Waals surface area contributed by atoms with Crippen LogP contribution in [0.3, 0.4) is 0 Å². The number of carbonyl (C=O) groups is 1. The van der Waals surface area contributed by atoms with Crippen molar-refractivity contribution in [2.24, 2.45) is 0 Å². The predicted octanol–water partition coefficient (Wildman–Crippen LogP) is 1.55. The Bertz CT molecular complexity index is 803. The number of carbonyl (C=O) groups excluding carboxylic acids is 1. The minimum atomic E-state index is 0.192. The molecule has 1 fully saturated rings. The van der Waals surface area contributed by atoms with Crippen molar-refractivity contribution in [2.45, 2.75) is 19.4 Å². The van der Waals surface area contributed by atoms with Gasteiger partial charge in [-0.15, -0.1) is 0 Å². The van der Waals surface area contributed by atoms with Gasteiger partial charge < -0.3 is 14.2 Å². The number of aryl methyl sites for hydroxylation is 1. The van der Waals surface area contributed by atoms with E-state index in [4.69, 9.17) is 4.42 Å². The number of benzene rings is 1. The third-order valence-corrected chi connectivity index (χ3v) is 4.43. The summed E-state index contributed by atoms with van der Waals surface area (Å²) in [7, 11) is 0. The van der Waals surface area contributed by atoms with Gasteiger partial charge in [0.2, 0.25) is 5.91 Å². The van der Waals surface area contributed by atoms with Crippen LogP contribution >= 0.6 is 0 Å². The maximum absolute atomic E-state index is 12.3. The zero-order valence-corrected chi connectivity index (χ0v) is 13.9. The van der Waals surface area contributed by atoms with Crippen LogP contribution in [-0.2, 0) is 11.3 Å². The fourth-order valence-electron chi connectivity index (χ4n) is 3.04. The van der Waals surface area contributed by atoms with Crippen LogP contribution < -0.4 is 4.90 Å². The number of aromatic nitrogens is 4. The highest BCUT2D eigenvalue weighted by atomic mass is 16.4. The minimum absolute atomic E-state index is 0.192. The lowest BCUT2D eigenvalue weighted by Crippen LogP contribution is -2.48. The molecule has 8 nitrogen and oxygen atoms in total. The quantitative estimate of drug-likeness (QED) is 0.701. The van der Waals surface area contributed by atoms with E-state index in [-0.39, 0.29) is 5.91 Å². The lowest BCUT2D eigenvalue weighted by molar-refractivity contribution is -0.131. The van der Waals surface area contributed by atoms with Gasteiger partial charge in [-0.05, 0) is 18.6 Å². The highest BCUT2D eigenvalue weighted by Gasteiger charge is 2.23. The van der Waals surface area contributed by atoms with Crippen molar-refractivity contribution in [3.63, 3.8) is 0 Å². The van der Waals surface area contributed by atoms with Gasteiger partial charge in [-0.25, -0.2) is 4.98 Å². The number of oxazole rings is 1. The maximum atomic E-state index is 12.3. The first-order valence-electron chi connectivity index (χ1n) is 8.50. The molecule has 1 aromatic carbocycles. The van der Waals surface area contributed by atoms with Crippen LogP contribution in [0.4, 0.5) is 6.01 Å². The standard InChI is InChI=1S/C17H20N6O2/c24-16(6-3-7-23-13-18-12-19-23)21-8-10-22(11-9-21)17-20-14-4-1-2-5-15(14)25-17/h1-2,4-5,12-13H,3,6-11H2. The van der Waals surface area contributed by atoms with Crippen molar-refractivity contribution in [3.8, 4) is 0 Å². The van der Waals surface area contributed by atoms with Crippen LogP contribution in [0, 0.1) is 0 Å². The summed E-state index contributed by atoms with van der Waals surface area (Å²) >= 11 is 0. The summed E-state index contributed by atoms with van der Waals surface area (Å²) in [6.45, 7) is 3.58. The summed E-state index contributed by atoms with van der Waals surface area (Å²) in [4.78, 5) is 24.8. The van der Waals surface area contributed by atoms with Gasteiger partial charge >= 0.3 is 0 Å². The Morgan fingerprint density at radius 2 is 2.00 bits per heavy atom. The van der Waals surface area contributed by atoms with Crippen molar-refractivity contribution in [1.82, 2.24) is 24.6 Å². The Morgan fingerprint density at radius 3 is 2.76 bits per heavy atom. The minimum Gasteiger partial charge on any atom is -0.423 e. The number of hydrogen-bond donors (Lipinski definition) is 0. The molecule has 0 saturated carbocycles. The number of hydrogen-bond acceptors (Lipinski definition) is 6. The molecule has 0 aliphatic carbocycles. The summed E-state index contributed by atoms with van der Waals surface area (Å²) in [6.07, 6.45) is 4.48. The second-order valence-electron chi connectivity index (χ2n) is 6.09. The maximum Gasteiger partial charge on any atom is 0.298 e. The highest BCUT2D eigenvalue weighted by Crippen LogP contribution is 2.22. The molecule has 0 N–H and O–H groups in total. The second-order valence-corrected chi connectivity index (χ2v) is 6.09. The van der Waals surface area contributed by atoms with E-state index in [2.05, 4.69) is 20.0 Å². The SMILES string of the molecule is O=C(CCCn1cncn1)N1CCN(c2nc3ccccc3o2)CC1. The molecule has 1 saturated heterocycles. The number of amides is 1. The first-order valence-corrected chi connectivity index (χ1v) is 8.50. The van der Waals surface area contributed by atoms with Crippen LogP contribution in [-0.4, -0.2) is 56.7 Å². The van der Waals surface area contributed by atoms with E-state index in [1.165, 1.54) is 6.33 Å². The number of nitrogens with zero attached hydrogens (tertiary/aromatic N) is 6. The molecule has 0 radical (unpaired) electrons. The second kappa shape index (κ2) is 6.92. The van der Waals surface area contributed by atoms with E-state index in [9.17, 15) is 4.79 Å². The number of para-hydroxylation sites is 2. The fraction of sp³-hybridized carbons (Fsp3) is 0.412. The zero-order chi connectivity index (χ0) is 17.1. The lowest BCUT2D eigenvalue weighted by atomic mass is 10.2. The fourth-order valence-corrected chi connectivity index (χ4v) is 3.04. The molecule has 130 valence electrons. The van der Waals surface area contributed by atoms with Gasteiger partial charge in [0.05, 0.1) is 0 Å². The van der Waals surface area contributed by atoms with Crippen LogP contribution in [0.25, 0.3) is 11.1 Å². The van der Waals surface area contributed by atoms with Gasteiger partial charge in [0.1, 0.15) is 18.2 Å². The average molecular weight is 340 g/mol. The molecule has 0 bridgehead atoms. The number of rotatable bonds is 5. The Hall–Kier alpha value is -2.90. The van der Waals surface area contributed by atoms with Crippen molar-refractivity contribution < 1.29 is 9.21 Å². The molecule has 2 aromatic heterocycles. The van der Waals surface area contributed by atoms with E-state index in [1.807, 2.05) is 29.2 Å². The van der Waals surface area contributed by atoms with Crippen LogP contribution in [0.2, 0.25) is 0 Å².